The van der Waals surface area contributed by atoms with Crippen molar-refractivity contribution in [2.75, 3.05) is 0 Å². The van der Waals surface area contributed by atoms with E-state index in [-0.39, 0.29) is 5.69 Å². The molecule has 0 saturated heterocycles. The Morgan fingerprint density at radius 1 is 1.22 bits per heavy atom. The van der Waals surface area contributed by atoms with Crippen LogP contribution < -0.4 is 0 Å². The van der Waals surface area contributed by atoms with Crippen LogP contribution in [0.5, 0.6) is 0 Å². The van der Waals surface area contributed by atoms with Crippen molar-refractivity contribution < 1.29 is 4.92 Å². The highest BCUT2D eigenvalue weighted by Crippen LogP contribution is 2.28. The highest BCUT2D eigenvalue weighted by atomic mass is 32.2. The van der Waals surface area contributed by atoms with Crippen LogP contribution in [-0.4, -0.2) is 14.9 Å². The van der Waals surface area contributed by atoms with E-state index in [1.807, 2.05) is 32.0 Å². The maximum absolute atomic E-state index is 10.5. The molecule has 2 rings (SSSR count). The number of hydrogen-bond donors (Lipinski definition) is 0. The lowest BCUT2D eigenvalue weighted by Crippen LogP contribution is -1.92. The van der Waals surface area contributed by atoms with Gasteiger partial charge in [0.25, 0.3) is 0 Å². The Hall–Kier alpha value is -1.95. The summed E-state index contributed by atoms with van der Waals surface area (Å²) in [5.74, 6) is 0. The van der Waals surface area contributed by atoms with Crippen molar-refractivity contribution in [1.29, 1.82) is 0 Å². The van der Waals surface area contributed by atoms with Crippen LogP contribution in [0.1, 0.15) is 11.1 Å². The third-order valence-electron chi connectivity index (χ3n) is 2.37. The summed E-state index contributed by atoms with van der Waals surface area (Å²) in [6.07, 6.45) is 2.45. The molecule has 1 heterocycles. The molecular formula is C12H11N3O2S. The molecule has 5 nitrogen and oxygen atoms in total. The summed E-state index contributed by atoms with van der Waals surface area (Å²) in [5, 5.41) is 11.0. The first-order valence-electron chi connectivity index (χ1n) is 5.28. The van der Waals surface area contributed by atoms with E-state index in [2.05, 4.69) is 9.97 Å². The number of rotatable bonds is 3. The van der Waals surface area contributed by atoms with Crippen LogP contribution in [0.15, 0.2) is 40.6 Å². The van der Waals surface area contributed by atoms with Crippen LogP contribution in [0.2, 0.25) is 0 Å². The lowest BCUT2D eigenvalue weighted by atomic mass is 10.2. The highest BCUT2D eigenvalue weighted by molar-refractivity contribution is 7.99. The second-order valence-corrected chi connectivity index (χ2v) is 4.86. The van der Waals surface area contributed by atoms with E-state index in [0.717, 1.165) is 16.0 Å². The number of nitro groups is 1. The number of aromatic nitrogens is 2. The molecule has 1 aromatic heterocycles. The fourth-order valence-corrected chi connectivity index (χ4v) is 2.25. The normalized spacial score (nSPS) is 10.3. The summed E-state index contributed by atoms with van der Waals surface area (Å²) < 4.78 is 0. The first-order chi connectivity index (χ1) is 8.56. The van der Waals surface area contributed by atoms with Gasteiger partial charge in [-0.2, -0.15) is 0 Å². The van der Waals surface area contributed by atoms with Gasteiger partial charge in [0.1, 0.15) is 12.4 Å². The summed E-state index contributed by atoms with van der Waals surface area (Å²) in [5.41, 5.74) is 2.19. The molecule has 18 heavy (non-hydrogen) atoms. The average molecular weight is 261 g/mol. The fourth-order valence-electron chi connectivity index (χ4n) is 1.37. The molecule has 0 aliphatic heterocycles. The summed E-state index contributed by atoms with van der Waals surface area (Å²) in [6, 6.07) is 6.11. The summed E-state index contributed by atoms with van der Waals surface area (Å²) in [4.78, 5) is 19.0. The van der Waals surface area contributed by atoms with E-state index in [1.165, 1.54) is 24.2 Å². The van der Waals surface area contributed by atoms with Crippen molar-refractivity contribution in [3.8, 4) is 0 Å². The van der Waals surface area contributed by atoms with E-state index in [1.54, 1.807) is 0 Å². The largest absolute Gasteiger partial charge is 0.305 e. The Balaban J connectivity index is 2.23. The van der Waals surface area contributed by atoms with Crippen molar-refractivity contribution in [2.24, 2.45) is 0 Å². The Morgan fingerprint density at radius 3 is 2.50 bits per heavy atom. The zero-order chi connectivity index (χ0) is 13.1. The van der Waals surface area contributed by atoms with Gasteiger partial charge in [-0.05, 0) is 42.8 Å². The SMILES string of the molecule is Cc1ccc(C)c(Sc2ncc([N+](=O)[O-])cn2)c1. The molecule has 0 radical (unpaired) electrons. The summed E-state index contributed by atoms with van der Waals surface area (Å²) in [7, 11) is 0. The quantitative estimate of drug-likeness (QED) is 0.482. The maximum Gasteiger partial charge on any atom is 0.305 e. The molecule has 0 aliphatic carbocycles. The molecule has 0 fully saturated rings. The summed E-state index contributed by atoms with van der Waals surface area (Å²) >= 11 is 1.40. The molecule has 92 valence electrons. The molecule has 6 heteroatoms. The zero-order valence-electron chi connectivity index (χ0n) is 9.95. The zero-order valence-corrected chi connectivity index (χ0v) is 10.8. The van der Waals surface area contributed by atoms with Crippen molar-refractivity contribution >= 4 is 17.4 Å². The predicted octanol–water partition coefficient (Wildman–Crippen LogP) is 3.15. The minimum atomic E-state index is -0.508. The molecule has 0 N–H and O–H groups in total. The van der Waals surface area contributed by atoms with E-state index < -0.39 is 4.92 Å². The molecule has 0 bridgehead atoms. The standard InChI is InChI=1S/C12H11N3O2S/c1-8-3-4-9(2)11(5-8)18-12-13-6-10(7-14-12)15(16)17/h3-7H,1-2H3. The molecule has 2 aromatic rings. The molecule has 1 aromatic carbocycles. The van der Waals surface area contributed by atoms with Crippen molar-refractivity contribution in [1.82, 2.24) is 9.97 Å². The van der Waals surface area contributed by atoms with Gasteiger partial charge in [-0.1, -0.05) is 12.1 Å². The third kappa shape index (κ3) is 2.84. The van der Waals surface area contributed by atoms with Gasteiger partial charge in [0.2, 0.25) is 0 Å². The molecule has 0 atom stereocenters. The lowest BCUT2D eigenvalue weighted by molar-refractivity contribution is -0.385. The van der Waals surface area contributed by atoms with Crippen LogP contribution in [0.4, 0.5) is 5.69 Å². The second-order valence-electron chi connectivity index (χ2n) is 3.85. The number of aryl methyl sites for hydroxylation is 2. The highest BCUT2D eigenvalue weighted by Gasteiger charge is 2.08. The minimum absolute atomic E-state index is 0.0969. The number of benzene rings is 1. The first kappa shape index (κ1) is 12.5. The molecule has 0 amide bonds. The van der Waals surface area contributed by atoms with E-state index in [9.17, 15) is 10.1 Å². The molecule has 0 aliphatic rings. The Bertz CT molecular complexity index is 584. The number of nitrogens with zero attached hydrogens (tertiary/aromatic N) is 3. The van der Waals surface area contributed by atoms with E-state index >= 15 is 0 Å². The third-order valence-corrected chi connectivity index (χ3v) is 3.42. The van der Waals surface area contributed by atoms with Gasteiger partial charge in [-0.15, -0.1) is 0 Å². The fraction of sp³-hybridized carbons (Fsp3) is 0.167. The van der Waals surface area contributed by atoms with Crippen LogP contribution in [0.25, 0.3) is 0 Å². The van der Waals surface area contributed by atoms with Crippen molar-refractivity contribution in [3.05, 3.63) is 51.8 Å². The first-order valence-corrected chi connectivity index (χ1v) is 6.09. The van der Waals surface area contributed by atoms with Crippen LogP contribution in [-0.2, 0) is 0 Å². The van der Waals surface area contributed by atoms with E-state index in [4.69, 9.17) is 0 Å². The Morgan fingerprint density at radius 2 is 1.89 bits per heavy atom. The lowest BCUT2D eigenvalue weighted by Gasteiger charge is -2.04. The number of hydrogen-bond acceptors (Lipinski definition) is 5. The second kappa shape index (κ2) is 5.14. The topological polar surface area (TPSA) is 68.9 Å². The molecule has 0 spiro atoms. The smallest absolute Gasteiger partial charge is 0.258 e. The van der Waals surface area contributed by atoms with Gasteiger partial charge in [0.15, 0.2) is 5.16 Å². The molecule has 0 unspecified atom stereocenters. The van der Waals surface area contributed by atoms with E-state index in [0.29, 0.717) is 5.16 Å². The van der Waals surface area contributed by atoms with Crippen LogP contribution in [0.3, 0.4) is 0 Å². The predicted molar refractivity (Wildman–Crippen MR) is 68.7 cm³/mol. The van der Waals surface area contributed by atoms with Crippen molar-refractivity contribution in [2.45, 2.75) is 23.9 Å². The van der Waals surface area contributed by atoms with Gasteiger partial charge >= 0.3 is 5.69 Å². The minimum Gasteiger partial charge on any atom is -0.258 e. The summed E-state index contributed by atoms with van der Waals surface area (Å²) in [6.45, 7) is 4.02. The monoisotopic (exact) mass is 261 g/mol. The van der Waals surface area contributed by atoms with Crippen molar-refractivity contribution in [3.63, 3.8) is 0 Å². The van der Waals surface area contributed by atoms with Gasteiger partial charge in [-0.3, -0.25) is 10.1 Å². The maximum atomic E-state index is 10.5. The molecular weight excluding hydrogens is 250 g/mol. The van der Waals surface area contributed by atoms with Crippen LogP contribution >= 0.6 is 11.8 Å². The van der Waals surface area contributed by atoms with Gasteiger partial charge in [-0.25, -0.2) is 9.97 Å². The Kier molecular flexibility index (Phi) is 3.57. The Labute approximate surface area is 108 Å². The molecule has 0 saturated carbocycles. The van der Waals surface area contributed by atoms with Gasteiger partial charge in [0.05, 0.1) is 4.92 Å². The average Bonchev–Trinajstić information content (AvgIpc) is 2.34. The van der Waals surface area contributed by atoms with Crippen LogP contribution in [0, 0.1) is 24.0 Å². The van der Waals surface area contributed by atoms with Gasteiger partial charge in [0, 0.05) is 4.90 Å². The van der Waals surface area contributed by atoms with Gasteiger partial charge < -0.3 is 0 Å².